The van der Waals surface area contributed by atoms with Gasteiger partial charge in [-0.05, 0) is 56.2 Å². The number of hydrogen-bond donors (Lipinski definition) is 2. The van der Waals surface area contributed by atoms with E-state index in [2.05, 4.69) is 19.1 Å². The van der Waals surface area contributed by atoms with E-state index in [0.29, 0.717) is 0 Å². The zero-order valence-electron chi connectivity index (χ0n) is 16.2. The van der Waals surface area contributed by atoms with Crippen molar-refractivity contribution in [2.45, 2.75) is 96.8 Å². The molecule has 0 aromatic heterocycles. The summed E-state index contributed by atoms with van der Waals surface area (Å²) in [5, 5.41) is 18.8. The van der Waals surface area contributed by atoms with Gasteiger partial charge in [0, 0.05) is 0 Å². The minimum atomic E-state index is -0.0323. The Bertz CT molecular complexity index is 465. The molecule has 0 radical (unpaired) electrons. The second-order valence-corrected chi connectivity index (χ2v) is 7.16. The van der Waals surface area contributed by atoms with Crippen molar-refractivity contribution in [3.63, 3.8) is 0 Å². The Morgan fingerprint density at radius 1 is 0.680 bits per heavy atom. The number of hydrogen-bond acceptors (Lipinski definition) is 2. The minimum Gasteiger partial charge on any atom is -0.504 e. The van der Waals surface area contributed by atoms with Crippen LogP contribution in [0.5, 0.6) is 11.5 Å². The van der Waals surface area contributed by atoms with Crippen LogP contribution in [-0.2, 0) is 6.42 Å². The third-order valence-electron chi connectivity index (χ3n) is 4.77. The zero-order valence-corrected chi connectivity index (χ0v) is 16.2. The molecular weight excluding hydrogens is 308 g/mol. The van der Waals surface area contributed by atoms with Gasteiger partial charge < -0.3 is 10.2 Å². The van der Waals surface area contributed by atoms with Crippen molar-refractivity contribution in [1.82, 2.24) is 0 Å². The summed E-state index contributed by atoms with van der Waals surface area (Å²) < 4.78 is 0. The van der Waals surface area contributed by atoms with Gasteiger partial charge in [-0.15, -0.1) is 0 Å². The van der Waals surface area contributed by atoms with Gasteiger partial charge in [0.15, 0.2) is 11.5 Å². The van der Waals surface area contributed by atoms with Crippen molar-refractivity contribution in [1.29, 1.82) is 0 Å². The number of aryl methyl sites for hydroxylation is 1. The zero-order chi connectivity index (χ0) is 18.2. The average Bonchev–Trinajstić information content (AvgIpc) is 2.61. The van der Waals surface area contributed by atoms with E-state index in [1.165, 1.54) is 77.0 Å². The van der Waals surface area contributed by atoms with Crippen LogP contribution in [-0.4, -0.2) is 10.2 Å². The van der Waals surface area contributed by atoms with Gasteiger partial charge >= 0.3 is 0 Å². The van der Waals surface area contributed by atoms with Crippen molar-refractivity contribution in [2.24, 2.45) is 0 Å². The van der Waals surface area contributed by atoms with Gasteiger partial charge in [-0.25, -0.2) is 0 Å². The van der Waals surface area contributed by atoms with Gasteiger partial charge in [-0.2, -0.15) is 0 Å². The Hall–Kier alpha value is -1.44. The Kier molecular flexibility index (Phi) is 12.8. The predicted molar refractivity (Wildman–Crippen MR) is 108 cm³/mol. The van der Waals surface area contributed by atoms with Crippen LogP contribution in [0.25, 0.3) is 0 Å². The van der Waals surface area contributed by atoms with Crippen molar-refractivity contribution >= 4 is 0 Å². The van der Waals surface area contributed by atoms with Gasteiger partial charge in [0.25, 0.3) is 0 Å². The van der Waals surface area contributed by atoms with Crippen LogP contribution < -0.4 is 0 Å². The first-order chi connectivity index (χ1) is 12.2. The van der Waals surface area contributed by atoms with Crippen LogP contribution in [0.2, 0.25) is 0 Å². The fraction of sp³-hybridized carbons (Fsp3) is 0.652. The highest BCUT2D eigenvalue weighted by Gasteiger charge is 2.00. The summed E-state index contributed by atoms with van der Waals surface area (Å²) >= 11 is 0. The molecule has 0 fully saturated rings. The molecule has 0 heterocycles. The van der Waals surface area contributed by atoms with E-state index < -0.39 is 0 Å². The molecule has 142 valence electrons. The number of aromatic hydroxyl groups is 2. The van der Waals surface area contributed by atoms with Gasteiger partial charge in [0.2, 0.25) is 0 Å². The summed E-state index contributed by atoms with van der Waals surface area (Å²) in [7, 11) is 0. The smallest absolute Gasteiger partial charge is 0.157 e. The molecule has 25 heavy (non-hydrogen) atoms. The van der Waals surface area contributed by atoms with Crippen molar-refractivity contribution in [2.75, 3.05) is 0 Å². The highest BCUT2D eigenvalue weighted by atomic mass is 16.3. The summed E-state index contributed by atoms with van der Waals surface area (Å²) in [6, 6.07) is 5.14. The molecule has 2 nitrogen and oxygen atoms in total. The molecule has 0 saturated heterocycles. The van der Waals surface area contributed by atoms with E-state index in [1.807, 2.05) is 6.07 Å². The Balaban J connectivity index is 1.85. The lowest BCUT2D eigenvalue weighted by molar-refractivity contribution is 0.403. The van der Waals surface area contributed by atoms with Crippen LogP contribution in [0.15, 0.2) is 30.4 Å². The van der Waals surface area contributed by atoms with Crippen molar-refractivity contribution in [3.8, 4) is 11.5 Å². The molecule has 1 aromatic rings. The second-order valence-electron chi connectivity index (χ2n) is 7.16. The topological polar surface area (TPSA) is 40.5 Å². The van der Waals surface area contributed by atoms with Gasteiger partial charge in [0.05, 0.1) is 0 Å². The van der Waals surface area contributed by atoms with Crippen LogP contribution in [0, 0.1) is 0 Å². The van der Waals surface area contributed by atoms with E-state index in [-0.39, 0.29) is 11.5 Å². The number of rotatable bonds is 15. The Labute approximate surface area is 155 Å². The summed E-state index contributed by atoms with van der Waals surface area (Å²) in [4.78, 5) is 0. The first kappa shape index (κ1) is 21.6. The summed E-state index contributed by atoms with van der Waals surface area (Å²) in [6.07, 6.45) is 22.8. The monoisotopic (exact) mass is 346 g/mol. The molecule has 0 aliphatic rings. The maximum Gasteiger partial charge on any atom is 0.157 e. The molecular formula is C23H38O2. The lowest BCUT2D eigenvalue weighted by Gasteiger charge is -2.04. The SMILES string of the molecule is CCCCCC/C=C\CCCCCCCCCc1ccc(O)c(O)c1. The molecule has 0 bridgehead atoms. The van der Waals surface area contributed by atoms with Crippen LogP contribution in [0.3, 0.4) is 0 Å². The fourth-order valence-corrected chi connectivity index (χ4v) is 3.12. The molecule has 1 aromatic carbocycles. The summed E-state index contributed by atoms with van der Waals surface area (Å²) in [6.45, 7) is 2.26. The highest BCUT2D eigenvalue weighted by Crippen LogP contribution is 2.25. The molecule has 0 amide bonds. The number of allylic oxidation sites excluding steroid dienone is 2. The molecule has 2 N–H and O–H groups in total. The molecule has 0 spiro atoms. The standard InChI is InChI=1S/C23H38O2/c1-2-3-4-5-6-7-8-9-10-11-12-13-14-15-16-17-21-18-19-22(24)23(25)20-21/h7-8,18-20,24-25H,2-6,9-17H2,1H3/b8-7-. The quantitative estimate of drug-likeness (QED) is 0.199. The molecule has 0 aliphatic heterocycles. The molecule has 0 unspecified atom stereocenters. The number of benzene rings is 1. The van der Waals surface area contributed by atoms with Crippen LogP contribution in [0.4, 0.5) is 0 Å². The van der Waals surface area contributed by atoms with Crippen molar-refractivity contribution < 1.29 is 10.2 Å². The van der Waals surface area contributed by atoms with E-state index in [1.54, 1.807) is 12.1 Å². The molecule has 1 rings (SSSR count). The normalized spacial score (nSPS) is 11.4. The maximum absolute atomic E-state index is 9.47. The highest BCUT2D eigenvalue weighted by molar-refractivity contribution is 5.40. The second kappa shape index (κ2) is 14.9. The van der Waals surface area contributed by atoms with E-state index >= 15 is 0 Å². The maximum atomic E-state index is 9.47. The molecule has 0 saturated carbocycles. The molecule has 2 heteroatoms. The Morgan fingerprint density at radius 3 is 1.84 bits per heavy atom. The van der Waals surface area contributed by atoms with E-state index in [4.69, 9.17) is 0 Å². The first-order valence-corrected chi connectivity index (χ1v) is 10.4. The number of phenols is 2. The minimum absolute atomic E-state index is 0.00694. The lowest BCUT2D eigenvalue weighted by Crippen LogP contribution is -1.86. The third-order valence-corrected chi connectivity index (χ3v) is 4.77. The van der Waals surface area contributed by atoms with Gasteiger partial charge in [-0.3, -0.25) is 0 Å². The number of phenolic OH excluding ortho intramolecular Hbond substituents is 2. The number of unbranched alkanes of at least 4 members (excludes halogenated alkanes) is 11. The van der Waals surface area contributed by atoms with Crippen molar-refractivity contribution in [3.05, 3.63) is 35.9 Å². The van der Waals surface area contributed by atoms with Gasteiger partial charge in [0.1, 0.15) is 0 Å². The largest absolute Gasteiger partial charge is 0.504 e. The van der Waals surface area contributed by atoms with Gasteiger partial charge in [-0.1, -0.05) is 76.5 Å². The summed E-state index contributed by atoms with van der Waals surface area (Å²) in [5.41, 5.74) is 1.11. The predicted octanol–water partition coefficient (Wildman–Crippen LogP) is 7.29. The third kappa shape index (κ3) is 11.7. The van der Waals surface area contributed by atoms with E-state index in [0.717, 1.165) is 18.4 Å². The average molecular weight is 347 g/mol. The molecule has 0 aliphatic carbocycles. The summed E-state index contributed by atoms with van der Waals surface area (Å²) in [5.74, 6) is -0.0393. The lowest BCUT2D eigenvalue weighted by atomic mass is 10.0. The van der Waals surface area contributed by atoms with Crippen LogP contribution >= 0.6 is 0 Å². The van der Waals surface area contributed by atoms with E-state index in [9.17, 15) is 10.2 Å². The van der Waals surface area contributed by atoms with Crippen LogP contribution in [0.1, 0.15) is 96.0 Å². The Morgan fingerprint density at radius 2 is 1.24 bits per heavy atom. The first-order valence-electron chi connectivity index (χ1n) is 10.4. The fourth-order valence-electron chi connectivity index (χ4n) is 3.12. The molecule has 0 atom stereocenters.